The highest BCUT2D eigenvalue weighted by molar-refractivity contribution is 5.08. The Morgan fingerprint density at radius 2 is 1.88 bits per heavy atom. The van der Waals surface area contributed by atoms with E-state index in [-0.39, 0.29) is 0 Å². The first-order valence-corrected chi connectivity index (χ1v) is 5.95. The Bertz CT molecular complexity index is 372. The van der Waals surface area contributed by atoms with Crippen LogP contribution < -0.4 is 5.32 Å². The van der Waals surface area contributed by atoms with E-state index in [1.807, 2.05) is 30.6 Å². The fraction of sp³-hybridized carbons (Fsp3) is 0.286. The van der Waals surface area contributed by atoms with Gasteiger partial charge in [-0.25, -0.2) is 0 Å². The minimum Gasteiger partial charge on any atom is -0.316 e. The molecule has 0 bridgehead atoms. The summed E-state index contributed by atoms with van der Waals surface area (Å²) < 4.78 is 0. The van der Waals surface area contributed by atoms with E-state index in [0.717, 1.165) is 31.6 Å². The van der Waals surface area contributed by atoms with Gasteiger partial charge >= 0.3 is 0 Å². The highest BCUT2D eigenvalue weighted by Crippen LogP contribution is 1.96. The van der Waals surface area contributed by atoms with Gasteiger partial charge in [-0.1, -0.05) is 12.1 Å². The highest BCUT2D eigenvalue weighted by atomic mass is 14.8. The highest BCUT2D eigenvalue weighted by Gasteiger charge is 1.94. The van der Waals surface area contributed by atoms with Crippen LogP contribution in [0.2, 0.25) is 0 Å². The zero-order valence-corrected chi connectivity index (χ0v) is 9.84. The zero-order valence-electron chi connectivity index (χ0n) is 9.84. The molecule has 0 atom stereocenters. The molecule has 0 saturated heterocycles. The van der Waals surface area contributed by atoms with Crippen LogP contribution in [-0.4, -0.2) is 23.1 Å². The van der Waals surface area contributed by atoms with Crippen LogP contribution in [0.5, 0.6) is 0 Å². The second-order valence-electron chi connectivity index (χ2n) is 3.93. The van der Waals surface area contributed by atoms with Crippen LogP contribution in [0, 0.1) is 0 Å². The summed E-state index contributed by atoms with van der Waals surface area (Å²) in [5.41, 5.74) is 2.42. The van der Waals surface area contributed by atoms with Gasteiger partial charge in [-0.15, -0.1) is 0 Å². The molecule has 0 unspecified atom stereocenters. The van der Waals surface area contributed by atoms with Crippen molar-refractivity contribution in [3.8, 4) is 0 Å². The summed E-state index contributed by atoms with van der Waals surface area (Å²) in [6, 6.07) is 10.1. The number of nitrogens with zero attached hydrogens (tertiary/aromatic N) is 2. The largest absolute Gasteiger partial charge is 0.316 e. The standard InChI is InChI=1S/C14H17N3/c1-2-9-17-14(5-1)7-11-15-10-6-13-4-3-8-16-12-13/h1-5,8-9,12,15H,6-7,10-11H2. The van der Waals surface area contributed by atoms with Crippen molar-refractivity contribution in [2.45, 2.75) is 12.8 Å². The lowest BCUT2D eigenvalue weighted by molar-refractivity contribution is 0.674. The van der Waals surface area contributed by atoms with Crippen molar-refractivity contribution < 1.29 is 0 Å². The van der Waals surface area contributed by atoms with Crippen LogP contribution in [-0.2, 0) is 12.8 Å². The molecule has 0 aliphatic carbocycles. The third-order valence-electron chi connectivity index (χ3n) is 2.60. The van der Waals surface area contributed by atoms with Crippen molar-refractivity contribution in [3.63, 3.8) is 0 Å². The molecule has 3 heteroatoms. The molecule has 2 rings (SSSR count). The molecule has 0 aromatic carbocycles. The van der Waals surface area contributed by atoms with E-state index in [9.17, 15) is 0 Å². The second-order valence-corrected chi connectivity index (χ2v) is 3.93. The van der Waals surface area contributed by atoms with Crippen LogP contribution in [0.25, 0.3) is 0 Å². The van der Waals surface area contributed by atoms with Crippen LogP contribution >= 0.6 is 0 Å². The van der Waals surface area contributed by atoms with Crippen molar-refractivity contribution in [3.05, 3.63) is 60.2 Å². The van der Waals surface area contributed by atoms with Crippen molar-refractivity contribution in [2.24, 2.45) is 0 Å². The van der Waals surface area contributed by atoms with Crippen molar-refractivity contribution >= 4 is 0 Å². The van der Waals surface area contributed by atoms with Crippen LogP contribution in [0.4, 0.5) is 0 Å². The predicted octanol–water partition coefficient (Wildman–Crippen LogP) is 1.85. The molecule has 1 N–H and O–H groups in total. The Kier molecular flexibility index (Phi) is 4.67. The van der Waals surface area contributed by atoms with Gasteiger partial charge < -0.3 is 5.32 Å². The number of hydrogen-bond acceptors (Lipinski definition) is 3. The van der Waals surface area contributed by atoms with Crippen molar-refractivity contribution in [1.29, 1.82) is 0 Å². The Hall–Kier alpha value is -1.74. The van der Waals surface area contributed by atoms with Gasteiger partial charge in [-0.05, 0) is 36.7 Å². The molecule has 0 saturated carbocycles. The maximum absolute atomic E-state index is 4.28. The third kappa shape index (κ3) is 4.33. The lowest BCUT2D eigenvalue weighted by Gasteiger charge is -2.04. The molecule has 0 amide bonds. The van der Waals surface area contributed by atoms with Gasteiger partial charge in [-0.2, -0.15) is 0 Å². The lowest BCUT2D eigenvalue weighted by Crippen LogP contribution is -2.20. The number of rotatable bonds is 6. The van der Waals surface area contributed by atoms with Gasteiger partial charge in [0.25, 0.3) is 0 Å². The summed E-state index contributed by atoms with van der Waals surface area (Å²) in [6.07, 6.45) is 7.56. The quantitative estimate of drug-likeness (QED) is 0.765. The average Bonchev–Trinajstić information content (AvgIpc) is 2.41. The first-order chi connectivity index (χ1) is 8.45. The number of nitrogens with one attached hydrogen (secondary N) is 1. The fourth-order valence-corrected chi connectivity index (χ4v) is 1.67. The summed E-state index contributed by atoms with van der Waals surface area (Å²) >= 11 is 0. The van der Waals surface area contributed by atoms with Crippen LogP contribution in [0.15, 0.2) is 48.9 Å². The van der Waals surface area contributed by atoms with Crippen LogP contribution in [0.1, 0.15) is 11.3 Å². The second kappa shape index (κ2) is 6.76. The normalized spacial score (nSPS) is 10.4. The number of pyridine rings is 2. The molecule has 2 aromatic rings. The molecule has 0 aliphatic rings. The van der Waals surface area contributed by atoms with E-state index in [4.69, 9.17) is 0 Å². The van der Waals surface area contributed by atoms with Gasteiger partial charge in [-0.3, -0.25) is 9.97 Å². The van der Waals surface area contributed by atoms with E-state index in [1.54, 1.807) is 6.20 Å². The van der Waals surface area contributed by atoms with Crippen LogP contribution in [0.3, 0.4) is 0 Å². The zero-order chi connectivity index (χ0) is 11.8. The van der Waals surface area contributed by atoms with Gasteiger partial charge in [0.15, 0.2) is 0 Å². The maximum Gasteiger partial charge on any atom is 0.0416 e. The molecule has 2 aromatic heterocycles. The molecule has 2 heterocycles. The van der Waals surface area contributed by atoms with Gasteiger partial charge in [0, 0.05) is 37.3 Å². The van der Waals surface area contributed by atoms with E-state index in [1.165, 1.54) is 5.56 Å². The summed E-state index contributed by atoms with van der Waals surface area (Å²) in [4.78, 5) is 8.38. The lowest BCUT2D eigenvalue weighted by atomic mass is 10.2. The van der Waals surface area contributed by atoms with Crippen molar-refractivity contribution in [1.82, 2.24) is 15.3 Å². The van der Waals surface area contributed by atoms with Gasteiger partial charge in [0.2, 0.25) is 0 Å². The van der Waals surface area contributed by atoms with Gasteiger partial charge in [0.1, 0.15) is 0 Å². The summed E-state index contributed by atoms with van der Waals surface area (Å²) in [5, 5.41) is 3.41. The summed E-state index contributed by atoms with van der Waals surface area (Å²) in [5.74, 6) is 0. The molecule has 0 spiro atoms. The molecular formula is C14H17N3. The number of aromatic nitrogens is 2. The molecule has 0 fully saturated rings. The summed E-state index contributed by atoms with van der Waals surface area (Å²) in [6.45, 7) is 1.95. The first-order valence-electron chi connectivity index (χ1n) is 5.95. The molecule has 3 nitrogen and oxygen atoms in total. The van der Waals surface area contributed by atoms with E-state index < -0.39 is 0 Å². The molecule has 17 heavy (non-hydrogen) atoms. The van der Waals surface area contributed by atoms with Crippen molar-refractivity contribution in [2.75, 3.05) is 13.1 Å². The third-order valence-corrected chi connectivity index (χ3v) is 2.60. The molecular weight excluding hydrogens is 210 g/mol. The van der Waals surface area contributed by atoms with E-state index in [2.05, 4.69) is 27.4 Å². The first kappa shape index (κ1) is 11.7. The molecule has 88 valence electrons. The predicted molar refractivity (Wildman–Crippen MR) is 68.8 cm³/mol. The van der Waals surface area contributed by atoms with E-state index in [0.29, 0.717) is 0 Å². The smallest absolute Gasteiger partial charge is 0.0416 e. The Balaban J connectivity index is 1.61. The Morgan fingerprint density at radius 1 is 0.941 bits per heavy atom. The monoisotopic (exact) mass is 227 g/mol. The molecule has 0 radical (unpaired) electrons. The molecule has 0 aliphatic heterocycles. The SMILES string of the molecule is c1ccc(CCNCCc2cccnc2)nc1. The average molecular weight is 227 g/mol. The Morgan fingerprint density at radius 3 is 2.65 bits per heavy atom. The minimum atomic E-state index is 0.970. The topological polar surface area (TPSA) is 37.8 Å². The minimum absolute atomic E-state index is 0.970. The van der Waals surface area contributed by atoms with E-state index >= 15 is 0 Å². The maximum atomic E-state index is 4.28. The fourth-order valence-electron chi connectivity index (χ4n) is 1.67. The number of hydrogen-bond donors (Lipinski definition) is 1. The summed E-state index contributed by atoms with van der Waals surface area (Å²) in [7, 11) is 0. The Labute approximate surface area is 102 Å². The van der Waals surface area contributed by atoms with Gasteiger partial charge in [0.05, 0.1) is 0 Å².